The third-order valence-electron chi connectivity index (χ3n) is 5.24. The fourth-order valence-electron chi connectivity index (χ4n) is 3.45. The predicted molar refractivity (Wildman–Crippen MR) is 105 cm³/mol. The number of nitrogens with one attached hydrogen (secondary N) is 2. The van der Waals surface area contributed by atoms with E-state index in [0.29, 0.717) is 17.2 Å². The molecule has 0 aromatic heterocycles. The second kappa shape index (κ2) is 8.33. The molecule has 2 aliphatic rings. The van der Waals surface area contributed by atoms with Crippen molar-refractivity contribution in [1.82, 2.24) is 5.32 Å². The van der Waals surface area contributed by atoms with Crippen LogP contribution < -0.4 is 10.6 Å². The molecule has 0 bridgehead atoms. The molecule has 146 valence electrons. The number of esters is 1. The highest BCUT2D eigenvalue weighted by molar-refractivity contribution is 8.00. The molecule has 1 saturated carbocycles. The van der Waals surface area contributed by atoms with Gasteiger partial charge < -0.3 is 15.4 Å². The Morgan fingerprint density at radius 3 is 2.74 bits per heavy atom. The Balaban J connectivity index is 1.60. The van der Waals surface area contributed by atoms with E-state index in [1.54, 1.807) is 25.1 Å². The molecule has 1 aliphatic heterocycles. The smallest absolute Gasteiger partial charge is 0.338 e. The van der Waals surface area contributed by atoms with Crippen molar-refractivity contribution in [2.45, 2.75) is 68.7 Å². The van der Waals surface area contributed by atoms with Crippen LogP contribution in [0, 0.1) is 5.92 Å². The summed E-state index contributed by atoms with van der Waals surface area (Å²) in [5.41, 5.74) is 0.917. The summed E-state index contributed by atoms with van der Waals surface area (Å²) in [7, 11) is 0. The number of benzene rings is 1. The molecule has 27 heavy (non-hydrogen) atoms. The summed E-state index contributed by atoms with van der Waals surface area (Å²) < 4.78 is 5.34. The minimum atomic E-state index is -0.869. The van der Waals surface area contributed by atoms with Gasteiger partial charge in [0.15, 0.2) is 6.10 Å². The van der Waals surface area contributed by atoms with Crippen molar-refractivity contribution in [2.75, 3.05) is 5.32 Å². The Bertz CT molecular complexity index is 751. The lowest BCUT2D eigenvalue weighted by Crippen LogP contribution is -2.46. The number of fused-ring (bicyclic) bond motifs is 1. The SMILES string of the molecule is CC(OC(=O)c1ccc2c(c1)NC(=O)C(C)S2)C(=O)NC1CCCCC1C. The van der Waals surface area contributed by atoms with Gasteiger partial charge in [-0.15, -0.1) is 11.8 Å². The van der Waals surface area contributed by atoms with Crippen LogP contribution in [0.4, 0.5) is 5.69 Å². The molecule has 0 radical (unpaired) electrons. The molecule has 1 aliphatic carbocycles. The van der Waals surface area contributed by atoms with E-state index >= 15 is 0 Å². The van der Waals surface area contributed by atoms with Crippen molar-refractivity contribution in [2.24, 2.45) is 5.92 Å². The van der Waals surface area contributed by atoms with Gasteiger partial charge in [-0.1, -0.05) is 19.8 Å². The zero-order valence-corrected chi connectivity index (χ0v) is 16.7. The van der Waals surface area contributed by atoms with Crippen LogP contribution in [0.25, 0.3) is 0 Å². The van der Waals surface area contributed by atoms with E-state index in [2.05, 4.69) is 17.6 Å². The second-order valence-electron chi connectivity index (χ2n) is 7.38. The largest absolute Gasteiger partial charge is 0.449 e. The molecule has 4 unspecified atom stereocenters. The zero-order valence-electron chi connectivity index (χ0n) is 15.9. The summed E-state index contributed by atoms with van der Waals surface area (Å²) in [4.78, 5) is 37.5. The lowest BCUT2D eigenvalue weighted by atomic mass is 9.86. The van der Waals surface area contributed by atoms with Crippen molar-refractivity contribution in [3.63, 3.8) is 0 Å². The Labute approximate surface area is 163 Å². The van der Waals surface area contributed by atoms with Crippen LogP contribution in [-0.2, 0) is 14.3 Å². The number of rotatable bonds is 4. The molecule has 1 fully saturated rings. The fraction of sp³-hybridized carbons (Fsp3) is 0.550. The third kappa shape index (κ3) is 4.64. The highest BCUT2D eigenvalue weighted by atomic mass is 32.2. The summed E-state index contributed by atoms with van der Waals surface area (Å²) in [6.45, 7) is 5.55. The van der Waals surface area contributed by atoms with Crippen LogP contribution in [0.15, 0.2) is 23.1 Å². The highest BCUT2D eigenvalue weighted by Crippen LogP contribution is 2.36. The van der Waals surface area contributed by atoms with Gasteiger partial charge in [0, 0.05) is 10.9 Å². The van der Waals surface area contributed by atoms with Gasteiger partial charge in [-0.25, -0.2) is 4.79 Å². The van der Waals surface area contributed by atoms with Gasteiger partial charge in [0.1, 0.15) is 0 Å². The Morgan fingerprint density at radius 2 is 2.00 bits per heavy atom. The molecule has 7 heteroatoms. The maximum Gasteiger partial charge on any atom is 0.338 e. The summed E-state index contributed by atoms with van der Waals surface area (Å²) in [5, 5.41) is 5.64. The monoisotopic (exact) mass is 390 g/mol. The number of carbonyl (C=O) groups is 3. The average molecular weight is 391 g/mol. The molecule has 0 spiro atoms. The number of thioether (sulfide) groups is 1. The van der Waals surface area contributed by atoms with E-state index in [1.165, 1.54) is 18.2 Å². The average Bonchev–Trinajstić information content (AvgIpc) is 2.64. The first-order chi connectivity index (χ1) is 12.8. The lowest BCUT2D eigenvalue weighted by molar-refractivity contribution is -0.130. The van der Waals surface area contributed by atoms with E-state index in [1.807, 2.05) is 6.92 Å². The normalized spacial score (nSPS) is 25.7. The van der Waals surface area contributed by atoms with Crippen LogP contribution in [0.2, 0.25) is 0 Å². The Morgan fingerprint density at radius 1 is 1.26 bits per heavy atom. The number of ether oxygens (including phenoxy) is 1. The maximum atomic E-state index is 12.4. The number of carbonyl (C=O) groups excluding carboxylic acids is 3. The number of hydrogen-bond donors (Lipinski definition) is 2. The molecule has 2 N–H and O–H groups in total. The number of amides is 2. The fourth-order valence-corrected chi connectivity index (χ4v) is 4.38. The van der Waals surface area contributed by atoms with Gasteiger partial charge in [-0.2, -0.15) is 0 Å². The number of anilines is 1. The first-order valence-electron chi connectivity index (χ1n) is 9.48. The van der Waals surface area contributed by atoms with Gasteiger partial charge in [-0.3, -0.25) is 9.59 Å². The predicted octanol–water partition coefficient (Wildman–Crippen LogP) is 3.36. The van der Waals surface area contributed by atoms with E-state index in [0.717, 1.165) is 24.2 Å². The Hall–Kier alpha value is -2.02. The molecule has 0 saturated heterocycles. The molecule has 1 heterocycles. The lowest BCUT2D eigenvalue weighted by Gasteiger charge is -2.30. The molecular weight excluding hydrogens is 364 g/mol. The van der Waals surface area contributed by atoms with Gasteiger partial charge >= 0.3 is 5.97 Å². The van der Waals surface area contributed by atoms with Crippen LogP contribution in [0.3, 0.4) is 0 Å². The first-order valence-corrected chi connectivity index (χ1v) is 10.4. The van der Waals surface area contributed by atoms with Gasteiger partial charge in [0.05, 0.1) is 16.5 Å². The summed E-state index contributed by atoms with van der Waals surface area (Å²) in [6.07, 6.45) is 3.52. The van der Waals surface area contributed by atoms with E-state index in [9.17, 15) is 14.4 Å². The van der Waals surface area contributed by atoms with Gasteiger partial charge in [0.25, 0.3) is 5.91 Å². The van der Waals surface area contributed by atoms with Crippen molar-refractivity contribution in [3.8, 4) is 0 Å². The highest BCUT2D eigenvalue weighted by Gasteiger charge is 2.28. The zero-order chi connectivity index (χ0) is 19.6. The topological polar surface area (TPSA) is 84.5 Å². The maximum absolute atomic E-state index is 12.4. The summed E-state index contributed by atoms with van der Waals surface area (Å²) in [5.74, 6) is -0.491. The van der Waals surface area contributed by atoms with E-state index in [-0.39, 0.29) is 23.1 Å². The van der Waals surface area contributed by atoms with Crippen LogP contribution >= 0.6 is 11.8 Å². The number of hydrogen-bond acceptors (Lipinski definition) is 5. The molecule has 4 atom stereocenters. The van der Waals surface area contributed by atoms with Crippen LogP contribution in [0.5, 0.6) is 0 Å². The minimum Gasteiger partial charge on any atom is -0.449 e. The standard InChI is InChI=1S/C20H26N2O4S/c1-11-6-4-5-7-15(11)21-18(23)12(2)26-20(25)14-8-9-17-16(10-14)22-19(24)13(3)27-17/h8-13,15H,4-7H2,1-3H3,(H,21,23)(H,22,24). The molecule has 2 amide bonds. The Kier molecular flexibility index (Phi) is 6.09. The van der Waals surface area contributed by atoms with Crippen LogP contribution in [0.1, 0.15) is 56.8 Å². The van der Waals surface area contributed by atoms with E-state index in [4.69, 9.17) is 4.74 Å². The van der Waals surface area contributed by atoms with Crippen molar-refractivity contribution >= 4 is 35.2 Å². The summed E-state index contributed by atoms with van der Waals surface area (Å²) in [6, 6.07) is 5.19. The minimum absolute atomic E-state index is 0.0904. The van der Waals surface area contributed by atoms with Crippen molar-refractivity contribution in [1.29, 1.82) is 0 Å². The van der Waals surface area contributed by atoms with Gasteiger partial charge in [0.2, 0.25) is 5.91 Å². The molecular formula is C20H26N2O4S. The third-order valence-corrected chi connectivity index (χ3v) is 6.42. The van der Waals surface area contributed by atoms with E-state index < -0.39 is 12.1 Å². The van der Waals surface area contributed by atoms with Gasteiger partial charge in [-0.05, 0) is 50.8 Å². The van der Waals surface area contributed by atoms with Crippen molar-refractivity contribution < 1.29 is 19.1 Å². The quantitative estimate of drug-likeness (QED) is 0.770. The van der Waals surface area contributed by atoms with Crippen molar-refractivity contribution in [3.05, 3.63) is 23.8 Å². The van der Waals surface area contributed by atoms with Crippen LogP contribution in [-0.4, -0.2) is 35.2 Å². The second-order valence-corrected chi connectivity index (χ2v) is 8.77. The summed E-state index contributed by atoms with van der Waals surface area (Å²) >= 11 is 1.45. The molecule has 6 nitrogen and oxygen atoms in total. The molecule has 3 rings (SSSR count). The first kappa shape index (κ1) is 19.7. The molecule has 1 aromatic rings. The molecule has 1 aromatic carbocycles.